The minimum absolute atomic E-state index is 0.561. The summed E-state index contributed by atoms with van der Waals surface area (Å²) in [6, 6.07) is 0. The predicted octanol–water partition coefficient (Wildman–Crippen LogP) is 1.27. The number of nitrogens with zero attached hydrogens (tertiary/aromatic N) is 1. The van der Waals surface area contributed by atoms with E-state index in [2.05, 4.69) is 22.4 Å². The van der Waals surface area contributed by atoms with Crippen molar-refractivity contribution in [1.29, 1.82) is 0 Å². The van der Waals surface area contributed by atoms with Gasteiger partial charge in [-0.1, -0.05) is 0 Å². The Kier molecular flexibility index (Phi) is 6.59. The normalized spacial score (nSPS) is 8.10. The summed E-state index contributed by atoms with van der Waals surface area (Å²) in [4.78, 5) is 4.62. The Hall–Kier alpha value is -0.310. The molecule has 0 saturated carbocycles. The van der Waals surface area contributed by atoms with Crippen molar-refractivity contribution in [2.45, 2.75) is 19.8 Å². The molecule has 0 radical (unpaired) electrons. The lowest BCUT2D eigenvalue weighted by Gasteiger charge is -1.90. The van der Waals surface area contributed by atoms with Crippen molar-refractivity contribution >= 4 is 33.5 Å². The molecule has 2 nitrogen and oxygen atoms in total. The Balaban J connectivity index is 3.37. The van der Waals surface area contributed by atoms with Gasteiger partial charge in [-0.25, -0.2) is 9.20 Å². The molecule has 0 rings (SSSR count). The lowest BCUT2D eigenvalue weighted by atomic mass is 10.2. The van der Waals surface area contributed by atoms with Gasteiger partial charge in [0.25, 0.3) is 0 Å². The molecule has 0 fully saturated rings. The molecular weight excluding hydrogens is 166 g/mol. The monoisotopic (exact) mass is 175 g/mol. The summed E-state index contributed by atoms with van der Waals surface area (Å²) in [6.45, 7) is 2.51. The smallest absolute Gasteiger partial charge is 0.0873 e. The first-order valence-corrected chi connectivity index (χ1v) is 4.12. The first kappa shape index (κ1) is 9.69. The van der Waals surface area contributed by atoms with E-state index in [0.29, 0.717) is 17.8 Å². The van der Waals surface area contributed by atoms with Crippen LogP contribution in [0, 0.1) is 0 Å². The molecule has 0 heterocycles. The molecule has 0 aliphatic heterocycles. The number of rotatable bonds is 4. The molecule has 0 unspecified atom stereocenters. The van der Waals surface area contributed by atoms with E-state index in [1.165, 1.54) is 0 Å². The Morgan fingerprint density at radius 1 is 1.80 bits per heavy atom. The van der Waals surface area contributed by atoms with Crippen molar-refractivity contribution in [1.82, 2.24) is 0 Å². The Morgan fingerprint density at radius 3 is 3.00 bits per heavy atom. The van der Waals surface area contributed by atoms with Crippen LogP contribution < -0.4 is 0 Å². The highest BCUT2D eigenvalue weighted by molar-refractivity contribution is 7.78. The number of hydrogen-bond acceptors (Lipinski definition) is 3. The summed E-state index contributed by atoms with van der Waals surface area (Å²) in [5.74, 6) is 0. The van der Waals surface area contributed by atoms with E-state index in [1.54, 1.807) is 0 Å². The highest BCUT2D eigenvalue weighted by Gasteiger charge is 1.88. The third kappa shape index (κ3) is 5.82. The van der Waals surface area contributed by atoms with Crippen molar-refractivity contribution in [2.24, 2.45) is 4.99 Å². The molecule has 0 N–H and O–H groups in total. The van der Waals surface area contributed by atoms with Crippen molar-refractivity contribution in [3.8, 4) is 0 Å². The van der Waals surface area contributed by atoms with Crippen LogP contribution in [0.4, 0.5) is 0 Å². The van der Waals surface area contributed by atoms with Gasteiger partial charge in [0.1, 0.15) is 0 Å². The van der Waals surface area contributed by atoms with E-state index < -0.39 is 0 Å². The molecular formula is C6H9NOS2. The molecule has 0 amide bonds. The van der Waals surface area contributed by atoms with Crippen LogP contribution >= 0.6 is 12.2 Å². The van der Waals surface area contributed by atoms with Crippen LogP contribution in [0.15, 0.2) is 4.99 Å². The van der Waals surface area contributed by atoms with Crippen LogP contribution in [0.25, 0.3) is 0 Å². The van der Waals surface area contributed by atoms with Crippen LogP contribution in [0.1, 0.15) is 19.8 Å². The third-order valence-corrected chi connectivity index (χ3v) is 1.62. The second-order valence-electron chi connectivity index (χ2n) is 1.86. The molecule has 0 atom stereocenters. The lowest BCUT2D eigenvalue weighted by Crippen LogP contribution is -1.91. The topological polar surface area (TPSA) is 29.4 Å². The largest absolute Gasteiger partial charge is 0.233 e. The fourth-order valence-electron chi connectivity index (χ4n) is 0.494. The van der Waals surface area contributed by atoms with Crippen LogP contribution in [-0.2, 0) is 11.3 Å². The van der Waals surface area contributed by atoms with Gasteiger partial charge in [0.2, 0.25) is 0 Å². The maximum atomic E-state index is 10.1. The van der Waals surface area contributed by atoms with E-state index in [9.17, 15) is 4.21 Å². The second-order valence-corrected chi connectivity index (χ2v) is 2.91. The highest BCUT2D eigenvalue weighted by atomic mass is 32.1. The standard InChI is InChI=1S/C6H9NOS2/c1-6(10-8)3-2-4-7-5-9/h2-4H2,1H3. The van der Waals surface area contributed by atoms with Crippen molar-refractivity contribution in [3.05, 3.63) is 0 Å². The van der Waals surface area contributed by atoms with Gasteiger partial charge in [-0.3, -0.25) is 0 Å². The molecule has 0 bridgehead atoms. The summed E-state index contributed by atoms with van der Waals surface area (Å²) >= 11 is 4.93. The number of isothiocyanates is 1. The molecule has 0 aliphatic rings. The first-order chi connectivity index (χ1) is 4.81. The van der Waals surface area contributed by atoms with Gasteiger partial charge in [0, 0.05) is 11.4 Å². The molecule has 56 valence electrons. The van der Waals surface area contributed by atoms with Gasteiger partial charge >= 0.3 is 0 Å². The van der Waals surface area contributed by atoms with Gasteiger partial charge in [-0.2, -0.15) is 0 Å². The van der Waals surface area contributed by atoms with Crippen molar-refractivity contribution in [3.63, 3.8) is 0 Å². The zero-order valence-electron chi connectivity index (χ0n) is 5.79. The zero-order valence-corrected chi connectivity index (χ0v) is 7.43. The van der Waals surface area contributed by atoms with Crippen molar-refractivity contribution in [2.75, 3.05) is 6.54 Å². The fourth-order valence-corrected chi connectivity index (χ4v) is 0.813. The second kappa shape index (κ2) is 6.81. The zero-order chi connectivity index (χ0) is 7.82. The quantitative estimate of drug-likeness (QED) is 0.366. The first-order valence-electron chi connectivity index (χ1n) is 2.97. The average Bonchev–Trinajstić information content (AvgIpc) is 1.98. The van der Waals surface area contributed by atoms with Gasteiger partial charge < -0.3 is 0 Å². The summed E-state index contributed by atoms with van der Waals surface area (Å²) < 4.78 is 10.1. The lowest BCUT2D eigenvalue weighted by molar-refractivity contribution is 0.700. The third-order valence-electron chi connectivity index (χ3n) is 1.01. The Morgan fingerprint density at radius 2 is 2.50 bits per heavy atom. The van der Waals surface area contributed by atoms with Crippen LogP contribution in [0.2, 0.25) is 0 Å². The molecule has 0 aromatic rings. The molecule has 4 heteroatoms. The summed E-state index contributed by atoms with van der Waals surface area (Å²) in [5, 5.41) is 2.27. The minimum atomic E-state index is 0.561. The molecule has 10 heavy (non-hydrogen) atoms. The maximum absolute atomic E-state index is 10.1. The summed E-state index contributed by atoms with van der Waals surface area (Å²) in [7, 11) is 0. The summed E-state index contributed by atoms with van der Waals surface area (Å²) in [6.07, 6.45) is 1.72. The number of aliphatic imine (C=N–C) groups is 1. The van der Waals surface area contributed by atoms with Crippen LogP contribution in [0.5, 0.6) is 0 Å². The van der Waals surface area contributed by atoms with Gasteiger partial charge in [-0.15, -0.1) is 0 Å². The Labute approximate surface area is 69.4 Å². The summed E-state index contributed by atoms with van der Waals surface area (Å²) in [5.41, 5.74) is 0. The number of hydrogen-bond donors (Lipinski definition) is 0. The predicted molar refractivity (Wildman–Crippen MR) is 48.0 cm³/mol. The van der Waals surface area contributed by atoms with E-state index in [1.807, 2.05) is 6.92 Å². The number of thiocarbonyl (C=S) groups is 1. The SMILES string of the molecule is CC(CCCN=C=S)=S=O. The molecule has 0 aromatic heterocycles. The van der Waals surface area contributed by atoms with E-state index in [-0.39, 0.29) is 0 Å². The van der Waals surface area contributed by atoms with E-state index in [4.69, 9.17) is 0 Å². The highest BCUT2D eigenvalue weighted by Crippen LogP contribution is 1.89. The average molecular weight is 175 g/mol. The molecule has 0 aromatic carbocycles. The van der Waals surface area contributed by atoms with Gasteiger partial charge in [0.15, 0.2) is 0 Å². The van der Waals surface area contributed by atoms with Crippen molar-refractivity contribution < 1.29 is 4.21 Å². The van der Waals surface area contributed by atoms with E-state index in [0.717, 1.165) is 17.7 Å². The van der Waals surface area contributed by atoms with Gasteiger partial charge in [-0.05, 0) is 32.0 Å². The van der Waals surface area contributed by atoms with Crippen LogP contribution in [0.3, 0.4) is 0 Å². The van der Waals surface area contributed by atoms with Crippen LogP contribution in [-0.4, -0.2) is 20.8 Å². The molecule has 0 saturated heterocycles. The Bertz CT molecular complexity index is 190. The fraction of sp³-hybridized carbons (Fsp3) is 0.667. The van der Waals surface area contributed by atoms with Gasteiger partial charge in [0.05, 0.1) is 16.4 Å². The maximum Gasteiger partial charge on any atom is 0.0873 e. The van der Waals surface area contributed by atoms with E-state index >= 15 is 0 Å². The molecule has 0 spiro atoms. The minimum Gasteiger partial charge on any atom is -0.233 e. The molecule has 0 aliphatic carbocycles.